The first kappa shape index (κ1) is 10.8. The van der Waals surface area contributed by atoms with Crippen molar-refractivity contribution in [3.8, 4) is 0 Å². The molecule has 0 heterocycles. The molecule has 2 aromatic carbocycles. The topological polar surface area (TPSA) is 74.6 Å². The average Bonchev–Trinajstić information content (AvgIpc) is 2.67. The van der Waals surface area contributed by atoms with Crippen LogP contribution in [0.4, 0.5) is 0 Å². The summed E-state index contributed by atoms with van der Waals surface area (Å²) in [5, 5.41) is 20.3. The molecule has 18 heavy (non-hydrogen) atoms. The second kappa shape index (κ2) is 3.57. The standard InChI is InChI=1S/C14H10O4/c15-13(16)11-8-5-1-3-7-4-2-6-9(10(7)8)12(11)14(17)18/h1-6,11-12H,(H,15,16)(H,17,18)/t11-,12-/m0/s1. The van der Waals surface area contributed by atoms with Crippen molar-refractivity contribution < 1.29 is 19.8 Å². The Morgan fingerprint density at radius 2 is 1.28 bits per heavy atom. The molecular weight excluding hydrogens is 232 g/mol. The maximum Gasteiger partial charge on any atom is 0.312 e. The van der Waals surface area contributed by atoms with Crippen LogP contribution in [0.1, 0.15) is 23.0 Å². The molecule has 0 aromatic heterocycles. The fraction of sp³-hybridized carbons (Fsp3) is 0.143. The molecule has 0 aliphatic heterocycles. The van der Waals surface area contributed by atoms with E-state index in [9.17, 15) is 19.8 Å². The molecule has 0 spiro atoms. The minimum absolute atomic E-state index is 0.600. The van der Waals surface area contributed by atoms with Crippen LogP contribution < -0.4 is 0 Å². The van der Waals surface area contributed by atoms with Gasteiger partial charge in [0, 0.05) is 0 Å². The molecule has 0 unspecified atom stereocenters. The number of carboxylic acid groups (broad SMARTS) is 2. The van der Waals surface area contributed by atoms with Crippen molar-refractivity contribution >= 4 is 22.7 Å². The summed E-state index contributed by atoms with van der Waals surface area (Å²) >= 11 is 0. The second-order valence-electron chi connectivity index (χ2n) is 4.42. The van der Waals surface area contributed by atoms with Crippen LogP contribution in [0.2, 0.25) is 0 Å². The van der Waals surface area contributed by atoms with E-state index >= 15 is 0 Å². The molecule has 0 bridgehead atoms. The Balaban J connectivity index is 2.38. The summed E-state index contributed by atoms with van der Waals surface area (Å²) in [6, 6.07) is 10.7. The maximum absolute atomic E-state index is 11.4. The van der Waals surface area contributed by atoms with Crippen molar-refractivity contribution in [2.24, 2.45) is 0 Å². The summed E-state index contributed by atoms with van der Waals surface area (Å²) in [7, 11) is 0. The Morgan fingerprint density at radius 1 is 0.833 bits per heavy atom. The Hall–Kier alpha value is -2.36. The molecule has 0 fully saturated rings. The normalized spacial score (nSPS) is 21.1. The number of rotatable bonds is 2. The molecule has 2 N–H and O–H groups in total. The molecule has 4 nitrogen and oxygen atoms in total. The zero-order valence-electron chi connectivity index (χ0n) is 9.33. The molecule has 0 saturated heterocycles. The van der Waals surface area contributed by atoms with Crippen LogP contribution in [0.3, 0.4) is 0 Å². The second-order valence-corrected chi connectivity index (χ2v) is 4.42. The van der Waals surface area contributed by atoms with Gasteiger partial charge in [0.25, 0.3) is 0 Å². The van der Waals surface area contributed by atoms with Gasteiger partial charge in [0.05, 0.1) is 11.8 Å². The smallest absolute Gasteiger partial charge is 0.312 e. The SMILES string of the molecule is O=C(O)[C@H]1c2cccc3cccc(c23)[C@@H]1C(=O)O. The number of benzene rings is 2. The number of carbonyl (C=O) groups is 2. The lowest BCUT2D eigenvalue weighted by atomic mass is 9.90. The van der Waals surface area contributed by atoms with E-state index in [-0.39, 0.29) is 0 Å². The van der Waals surface area contributed by atoms with Gasteiger partial charge in [-0.1, -0.05) is 36.4 Å². The molecular formula is C14H10O4. The molecule has 2 aromatic rings. The Morgan fingerprint density at radius 3 is 1.67 bits per heavy atom. The quantitative estimate of drug-likeness (QED) is 0.846. The lowest BCUT2D eigenvalue weighted by molar-refractivity contribution is -0.146. The fourth-order valence-electron chi connectivity index (χ4n) is 2.83. The van der Waals surface area contributed by atoms with Gasteiger partial charge in [0.15, 0.2) is 0 Å². The summed E-state index contributed by atoms with van der Waals surface area (Å²) in [6.45, 7) is 0. The third kappa shape index (κ3) is 1.26. The lowest BCUT2D eigenvalue weighted by Gasteiger charge is -2.12. The van der Waals surface area contributed by atoms with Crippen LogP contribution in [-0.2, 0) is 9.59 Å². The zero-order valence-corrected chi connectivity index (χ0v) is 9.33. The molecule has 0 amide bonds. The van der Waals surface area contributed by atoms with Crippen molar-refractivity contribution in [1.29, 1.82) is 0 Å². The molecule has 4 heteroatoms. The molecule has 0 saturated carbocycles. The van der Waals surface area contributed by atoms with E-state index in [0.717, 1.165) is 10.8 Å². The summed E-state index contributed by atoms with van der Waals surface area (Å²) < 4.78 is 0. The van der Waals surface area contributed by atoms with Gasteiger partial charge in [0.1, 0.15) is 0 Å². The molecule has 90 valence electrons. The van der Waals surface area contributed by atoms with E-state index in [1.165, 1.54) is 0 Å². The number of carboxylic acids is 2. The Labute approximate surface area is 102 Å². The van der Waals surface area contributed by atoms with E-state index in [1.54, 1.807) is 24.3 Å². The van der Waals surface area contributed by atoms with Crippen LogP contribution in [0.5, 0.6) is 0 Å². The van der Waals surface area contributed by atoms with Crippen LogP contribution in [-0.4, -0.2) is 22.2 Å². The van der Waals surface area contributed by atoms with Gasteiger partial charge >= 0.3 is 11.9 Å². The van der Waals surface area contributed by atoms with E-state index in [4.69, 9.17) is 0 Å². The highest BCUT2D eigenvalue weighted by Crippen LogP contribution is 2.46. The number of hydrogen-bond acceptors (Lipinski definition) is 2. The van der Waals surface area contributed by atoms with Crippen molar-refractivity contribution in [3.63, 3.8) is 0 Å². The van der Waals surface area contributed by atoms with E-state index in [2.05, 4.69) is 0 Å². The summed E-state index contributed by atoms with van der Waals surface area (Å²) in [6.07, 6.45) is 0. The highest BCUT2D eigenvalue weighted by Gasteiger charge is 2.43. The van der Waals surface area contributed by atoms with E-state index in [0.29, 0.717) is 11.1 Å². The van der Waals surface area contributed by atoms with Gasteiger partial charge in [-0.2, -0.15) is 0 Å². The van der Waals surface area contributed by atoms with E-state index in [1.807, 2.05) is 12.1 Å². The van der Waals surface area contributed by atoms with Crippen molar-refractivity contribution in [2.45, 2.75) is 11.8 Å². The summed E-state index contributed by atoms with van der Waals surface area (Å²) in [5.74, 6) is -4.18. The third-order valence-corrected chi connectivity index (χ3v) is 3.50. The minimum atomic E-state index is -1.09. The highest BCUT2D eigenvalue weighted by molar-refractivity contribution is 6.03. The molecule has 3 rings (SSSR count). The maximum atomic E-state index is 11.4. The van der Waals surface area contributed by atoms with Gasteiger partial charge in [-0.25, -0.2) is 0 Å². The largest absolute Gasteiger partial charge is 0.481 e. The third-order valence-electron chi connectivity index (χ3n) is 3.50. The molecule has 1 aliphatic carbocycles. The zero-order chi connectivity index (χ0) is 12.9. The van der Waals surface area contributed by atoms with Crippen LogP contribution in [0, 0.1) is 0 Å². The minimum Gasteiger partial charge on any atom is -0.481 e. The van der Waals surface area contributed by atoms with Crippen LogP contribution >= 0.6 is 0 Å². The molecule has 0 radical (unpaired) electrons. The van der Waals surface area contributed by atoms with Gasteiger partial charge < -0.3 is 10.2 Å². The first-order valence-electron chi connectivity index (χ1n) is 5.58. The monoisotopic (exact) mass is 242 g/mol. The van der Waals surface area contributed by atoms with Gasteiger partial charge in [0.2, 0.25) is 0 Å². The predicted octanol–water partition coefficient (Wildman–Crippen LogP) is 2.19. The summed E-state index contributed by atoms with van der Waals surface area (Å²) in [4.78, 5) is 22.7. The van der Waals surface area contributed by atoms with E-state index < -0.39 is 23.8 Å². The Kier molecular flexibility index (Phi) is 2.13. The average molecular weight is 242 g/mol. The first-order chi connectivity index (χ1) is 8.61. The number of hydrogen-bond donors (Lipinski definition) is 2. The molecule has 2 atom stereocenters. The van der Waals surface area contributed by atoms with Gasteiger partial charge in [-0.05, 0) is 21.9 Å². The molecule has 1 aliphatic rings. The first-order valence-corrected chi connectivity index (χ1v) is 5.58. The van der Waals surface area contributed by atoms with Gasteiger partial charge in [-0.3, -0.25) is 9.59 Å². The van der Waals surface area contributed by atoms with Crippen LogP contribution in [0.25, 0.3) is 10.8 Å². The van der Waals surface area contributed by atoms with Crippen molar-refractivity contribution in [2.75, 3.05) is 0 Å². The van der Waals surface area contributed by atoms with Gasteiger partial charge in [-0.15, -0.1) is 0 Å². The van der Waals surface area contributed by atoms with Crippen LogP contribution in [0.15, 0.2) is 36.4 Å². The number of aliphatic carboxylic acids is 2. The fourth-order valence-corrected chi connectivity index (χ4v) is 2.83. The Bertz CT molecular complexity index is 620. The lowest BCUT2D eigenvalue weighted by Crippen LogP contribution is -2.22. The van der Waals surface area contributed by atoms with Crippen molar-refractivity contribution in [3.05, 3.63) is 47.5 Å². The van der Waals surface area contributed by atoms with Crippen molar-refractivity contribution in [1.82, 2.24) is 0 Å². The summed E-state index contributed by atoms with van der Waals surface area (Å²) in [5.41, 5.74) is 1.20. The highest BCUT2D eigenvalue weighted by atomic mass is 16.4. The predicted molar refractivity (Wildman–Crippen MR) is 64.7 cm³/mol.